The van der Waals surface area contributed by atoms with Gasteiger partial charge in [-0.3, -0.25) is 0 Å². The average Bonchev–Trinajstić information content (AvgIpc) is 2.72. The Morgan fingerprint density at radius 3 is 2.34 bits per heavy atom. The van der Waals surface area contributed by atoms with Crippen molar-refractivity contribution in [1.82, 2.24) is 10.2 Å². The van der Waals surface area contributed by atoms with E-state index in [1.165, 1.54) is 18.5 Å². The van der Waals surface area contributed by atoms with Crippen molar-refractivity contribution in [3.8, 4) is 0 Å². The molecule has 2 aliphatic rings. The fourth-order valence-electron chi connectivity index (χ4n) is 5.36. The van der Waals surface area contributed by atoms with E-state index >= 15 is 0 Å². The van der Waals surface area contributed by atoms with Gasteiger partial charge in [-0.1, -0.05) is 71.0 Å². The Balaban J connectivity index is 0. The smallest absolute Gasteiger partial charge is 0.123 e. The van der Waals surface area contributed by atoms with Gasteiger partial charge in [-0.05, 0) is 85.7 Å². The summed E-state index contributed by atoms with van der Waals surface area (Å²) >= 11 is 6.14. The minimum absolute atomic E-state index is 0. The molecule has 1 fully saturated rings. The van der Waals surface area contributed by atoms with Crippen LogP contribution in [0, 0.1) is 29.0 Å². The van der Waals surface area contributed by atoms with Crippen molar-refractivity contribution in [2.45, 2.75) is 66.8 Å². The van der Waals surface area contributed by atoms with Crippen molar-refractivity contribution in [3.63, 3.8) is 0 Å². The zero-order valence-corrected chi connectivity index (χ0v) is 22.0. The van der Waals surface area contributed by atoms with Gasteiger partial charge < -0.3 is 26.6 Å². The van der Waals surface area contributed by atoms with Gasteiger partial charge in [0.1, 0.15) is 5.82 Å². The molecule has 35 heavy (non-hydrogen) atoms. The standard InChI is InChI=1S/C27H40ClFN2.CH4.3H2O/c1-20(2)26(30-16-5-6-21-7-13-24(29)14-8-21)18-31-17-15-25(27(3,4)19-31)22-9-11-23(28)12-10-22;;;;/h7-9,11-14,20,22,25-26,30H,5-6,10,15-19H2,1-4H3;1H4;3*1H2/t22?,25-,26+;;;;/m1..../s1. The highest BCUT2D eigenvalue weighted by Crippen LogP contribution is 2.43. The molecular formula is C28H50ClFN2O3. The molecule has 3 rings (SSSR count). The Bertz CT molecular complexity index is 768. The van der Waals surface area contributed by atoms with E-state index in [0.717, 1.165) is 43.9 Å². The first-order chi connectivity index (χ1) is 14.7. The van der Waals surface area contributed by atoms with E-state index in [4.69, 9.17) is 11.6 Å². The summed E-state index contributed by atoms with van der Waals surface area (Å²) in [6, 6.07) is 7.40. The summed E-state index contributed by atoms with van der Waals surface area (Å²) < 4.78 is 13.1. The fourth-order valence-corrected chi connectivity index (χ4v) is 5.53. The molecule has 1 aromatic rings. The number of allylic oxidation sites excluding steroid dienone is 4. The summed E-state index contributed by atoms with van der Waals surface area (Å²) in [6.45, 7) is 14.0. The number of nitrogens with one attached hydrogen (secondary N) is 1. The van der Waals surface area contributed by atoms with E-state index in [1.54, 1.807) is 12.1 Å². The van der Waals surface area contributed by atoms with E-state index in [1.807, 2.05) is 12.1 Å². The molecule has 0 aromatic heterocycles. The molecule has 0 amide bonds. The summed E-state index contributed by atoms with van der Waals surface area (Å²) in [7, 11) is 0. The Hall–Kier alpha value is -1.28. The van der Waals surface area contributed by atoms with E-state index in [9.17, 15) is 4.39 Å². The Labute approximate surface area is 217 Å². The molecule has 1 aliphatic heterocycles. The van der Waals surface area contributed by atoms with Crippen LogP contribution >= 0.6 is 11.6 Å². The predicted octanol–water partition coefficient (Wildman–Crippen LogP) is 4.58. The minimum atomic E-state index is -0.159. The first kappa shape index (κ1) is 35.9. The third-order valence-electron chi connectivity index (χ3n) is 7.22. The van der Waals surface area contributed by atoms with E-state index in [-0.39, 0.29) is 29.7 Å². The Morgan fingerprint density at radius 1 is 1.14 bits per heavy atom. The first-order valence-electron chi connectivity index (χ1n) is 12.0. The van der Waals surface area contributed by atoms with Crippen LogP contribution in [-0.4, -0.2) is 53.5 Å². The lowest BCUT2D eigenvalue weighted by molar-refractivity contribution is 0.0252. The maximum Gasteiger partial charge on any atom is 0.123 e. The second-order valence-electron chi connectivity index (χ2n) is 10.5. The van der Waals surface area contributed by atoms with Crippen LogP contribution in [0.3, 0.4) is 0 Å². The third-order valence-corrected chi connectivity index (χ3v) is 7.50. The number of rotatable bonds is 9. The molecule has 1 aromatic carbocycles. The topological polar surface area (TPSA) is 110 Å². The van der Waals surface area contributed by atoms with Gasteiger partial charge in [0.2, 0.25) is 0 Å². The second kappa shape index (κ2) is 16.5. The molecule has 0 bridgehead atoms. The summed E-state index contributed by atoms with van der Waals surface area (Å²) in [5.41, 5.74) is 1.51. The first-order valence-corrected chi connectivity index (χ1v) is 12.4. The monoisotopic (exact) mass is 516 g/mol. The highest BCUT2D eigenvalue weighted by Gasteiger charge is 2.39. The molecule has 1 aliphatic carbocycles. The van der Waals surface area contributed by atoms with Crippen LogP contribution in [0.15, 0.2) is 47.5 Å². The van der Waals surface area contributed by atoms with Crippen molar-refractivity contribution in [2.24, 2.45) is 23.2 Å². The van der Waals surface area contributed by atoms with Gasteiger partial charge in [-0.15, -0.1) is 0 Å². The molecule has 1 saturated heterocycles. The van der Waals surface area contributed by atoms with Crippen molar-refractivity contribution in [2.75, 3.05) is 26.2 Å². The van der Waals surface area contributed by atoms with E-state index in [2.05, 4.69) is 56.1 Å². The van der Waals surface area contributed by atoms with Crippen LogP contribution in [0.2, 0.25) is 0 Å². The Morgan fingerprint density at radius 2 is 1.80 bits per heavy atom. The number of hydrogen-bond donors (Lipinski definition) is 1. The second-order valence-corrected chi connectivity index (χ2v) is 10.9. The average molecular weight is 517 g/mol. The lowest BCUT2D eigenvalue weighted by Crippen LogP contribution is -2.52. The van der Waals surface area contributed by atoms with Crippen LogP contribution in [0.1, 0.15) is 59.9 Å². The predicted molar refractivity (Wildman–Crippen MR) is 148 cm³/mol. The number of piperidine rings is 1. The molecule has 0 radical (unpaired) electrons. The largest absolute Gasteiger partial charge is 0.412 e. The number of halogens is 2. The van der Waals surface area contributed by atoms with Crippen LogP contribution in [0.4, 0.5) is 4.39 Å². The number of nitrogens with zero attached hydrogens (tertiary/aromatic N) is 1. The fraction of sp³-hybridized carbons (Fsp3) is 0.643. The van der Waals surface area contributed by atoms with E-state index in [0.29, 0.717) is 29.2 Å². The summed E-state index contributed by atoms with van der Waals surface area (Å²) in [5, 5.41) is 4.69. The van der Waals surface area contributed by atoms with Gasteiger partial charge in [0, 0.05) is 24.2 Å². The lowest BCUT2D eigenvalue weighted by atomic mass is 9.66. The molecular weight excluding hydrogens is 467 g/mol. The van der Waals surface area contributed by atoms with Crippen LogP contribution in [-0.2, 0) is 6.42 Å². The van der Waals surface area contributed by atoms with Gasteiger partial charge in [0.15, 0.2) is 0 Å². The number of hydrogen-bond acceptors (Lipinski definition) is 2. The molecule has 5 nitrogen and oxygen atoms in total. The Kier molecular flexibility index (Phi) is 16.9. The maximum absolute atomic E-state index is 13.1. The normalized spacial score (nSPS) is 22.1. The molecule has 1 heterocycles. The summed E-state index contributed by atoms with van der Waals surface area (Å²) in [4.78, 5) is 2.67. The highest BCUT2D eigenvalue weighted by molar-refractivity contribution is 6.31. The maximum atomic E-state index is 13.1. The lowest BCUT2D eigenvalue weighted by Gasteiger charge is -2.48. The number of aryl methyl sites for hydroxylation is 1. The van der Waals surface area contributed by atoms with Gasteiger partial charge in [0.25, 0.3) is 0 Å². The quantitative estimate of drug-likeness (QED) is 0.484. The van der Waals surface area contributed by atoms with Crippen molar-refractivity contribution in [3.05, 3.63) is 58.9 Å². The molecule has 0 spiro atoms. The van der Waals surface area contributed by atoms with Gasteiger partial charge in [-0.25, -0.2) is 4.39 Å². The number of likely N-dealkylation sites (tertiary alicyclic amines) is 1. The third kappa shape index (κ3) is 10.7. The zero-order valence-electron chi connectivity index (χ0n) is 21.2. The van der Waals surface area contributed by atoms with Gasteiger partial charge in [0.05, 0.1) is 0 Å². The van der Waals surface area contributed by atoms with Crippen molar-refractivity contribution < 1.29 is 20.8 Å². The van der Waals surface area contributed by atoms with Crippen LogP contribution < -0.4 is 5.32 Å². The van der Waals surface area contributed by atoms with Crippen molar-refractivity contribution in [1.29, 1.82) is 0 Å². The number of benzene rings is 1. The SMILES string of the molecule is C.CC(C)[C@H](CN1CC[C@H](C2C=CC(Cl)=CC2)C(C)(C)C1)NCCCc1ccc(F)cc1.O.O.O. The van der Waals surface area contributed by atoms with Gasteiger partial charge >= 0.3 is 0 Å². The molecule has 7 heteroatoms. The van der Waals surface area contributed by atoms with Crippen molar-refractivity contribution >= 4 is 11.6 Å². The van der Waals surface area contributed by atoms with E-state index < -0.39 is 0 Å². The molecule has 0 saturated carbocycles. The zero-order chi connectivity index (χ0) is 22.4. The summed E-state index contributed by atoms with van der Waals surface area (Å²) in [5.74, 6) is 1.76. The van der Waals surface area contributed by atoms with Crippen LogP contribution in [0.25, 0.3) is 0 Å². The van der Waals surface area contributed by atoms with Gasteiger partial charge in [-0.2, -0.15) is 0 Å². The minimum Gasteiger partial charge on any atom is -0.412 e. The molecule has 204 valence electrons. The van der Waals surface area contributed by atoms with Crippen LogP contribution in [0.5, 0.6) is 0 Å². The summed E-state index contributed by atoms with van der Waals surface area (Å²) in [6.07, 6.45) is 11.0. The molecule has 7 N–H and O–H groups in total. The highest BCUT2D eigenvalue weighted by atomic mass is 35.5. The molecule has 3 atom stereocenters. The molecule has 1 unspecified atom stereocenters.